The molecule has 6 rings (SSSR count). The van der Waals surface area contributed by atoms with Crippen molar-refractivity contribution in [3.05, 3.63) is 72.3 Å². The maximum atomic E-state index is 13.9. The van der Waals surface area contributed by atoms with Gasteiger partial charge in [0.25, 0.3) is 0 Å². The molecule has 3 heterocycles. The van der Waals surface area contributed by atoms with E-state index in [9.17, 15) is 14.4 Å². The molecule has 1 aliphatic carbocycles. The fourth-order valence-electron chi connectivity index (χ4n) is 5.99. The molecular formula is C29H31N5O3. The van der Waals surface area contributed by atoms with Gasteiger partial charge in [-0.25, -0.2) is 0 Å². The number of carbonyl (C=O) groups excluding carboxylic acids is 3. The quantitative estimate of drug-likeness (QED) is 0.487. The SMILES string of the molecule is Cn1cnnc1[C@H]1CCCN(C(=O)C[C@@]2(c3ccc(-c4ccccc4)cc3)CC(=O)N(C3CC3)C2=O)C1. The van der Waals surface area contributed by atoms with Crippen LogP contribution < -0.4 is 0 Å². The van der Waals surface area contributed by atoms with Crippen LogP contribution in [0.5, 0.6) is 0 Å². The van der Waals surface area contributed by atoms with Gasteiger partial charge in [0.15, 0.2) is 0 Å². The highest BCUT2D eigenvalue weighted by atomic mass is 16.2. The summed E-state index contributed by atoms with van der Waals surface area (Å²) in [6.07, 6.45) is 5.22. The standard InChI is InChI=1S/C29H31N5O3/c1-32-19-30-31-27(32)22-8-5-15-33(18-22)25(35)16-29(17-26(36)34(28(29)37)24-13-14-24)23-11-9-21(10-12-23)20-6-3-2-4-7-20/h2-4,6-7,9-12,19,22,24H,5,8,13-18H2,1H3/t22-,29-/m0/s1. The van der Waals surface area contributed by atoms with Crippen LogP contribution >= 0.6 is 0 Å². The van der Waals surface area contributed by atoms with Crippen LogP contribution in [0.15, 0.2) is 60.9 Å². The third-order valence-corrected chi connectivity index (χ3v) is 8.15. The summed E-state index contributed by atoms with van der Waals surface area (Å²) in [5.74, 6) is 0.509. The van der Waals surface area contributed by atoms with Gasteiger partial charge in [-0.3, -0.25) is 19.3 Å². The van der Waals surface area contributed by atoms with Crippen molar-refractivity contribution in [2.45, 2.75) is 55.9 Å². The summed E-state index contributed by atoms with van der Waals surface area (Å²) in [5.41, 5.74) is 1.69. The van der Waals surface area contributed by atoms with Crippen molar-refractivity contribution in [1.82, 2.24) is 24.6 Å². The van der Waals surface area contributed by atoms with Gasteiger partial charge in [0, 0.05) is 44.9 Å². The summed E-state index contributed by atoms with van der Waals surface area (Å²) in [5, 5.41) is 8.26. The molecule has 0 N–H and O–H groups in total. The van der Waals surface area contributed by atoms with E-state index in [0.29, 0.717) is 13.1 Å². The normalized spacial score (nSPS) is 24.1. The predicted molar refractivity (Wildman–Crippen MR) is 137 cm³/mol. The lowest BCUT2D eigenvalue weighted by molar-refractivity contribution is -0.143. The van der Waals surface area contributed by atoms with Gasteiger partial charge in [-0.05, 0) is 42.4 Å². The molecule has 3 amide bonds. The molecule has 2 aliphatic heterocycles. The van der Waals surface area contributed by atoms with Crippen LogP contribution in [0.4, 0.5) is 0 Å². The first kappa shape index (κ1) is 23.6. The Hall–Kier alpha value is -3.81. The van der Waals surface area contributed by atoms with Crippen molar-refractivity contribution >= 4 is 17.7 Å². The van der Waals surface area contributed by atoms with Gasteiger partial charge in [0.1, 0.15) is 12.2 Å². The molecule has 8 nitrogen and oxygen atoms in total. The minimum absolute atomic E-state index is 0.00296. The molecule has 8 heteroatoms. The smallest absolute Gasteiger partial charge is 0.241 e. The Labute approximate surface area is 216 Å². The number of benzene rings is 2. The van der Waals surface area contributed by atoms with E-state index in [1.54, 1.807) is 6.33 Å². The molecule has 1 aromatic heterocycles. The van der Waals surface area contributed by atoms with Gasteiger partial charge >= 0.3 is 0 Å². The Balaban J connectivity index is 1.30. The van der Waals surface area contributed by atoms with Gasteiger partial charge in [-0.1, -0.05) is 54.6 Å². The van der Waals surface area contributed by atoms with Crippen LogP contribution in [0.2, 0.25) is 0 Å². The number of rotatable bonds is 6. The summed E-state index contributed by atoms with van der Waals surface area (Å²) in [4.78, 5) is 44.1. The number of piperidine rings is 1. The number of imide groups is 1. The number of hydrogen-bond donors (Lipinski definition) is 0. The molecular weight excluding hydrogens is 466 g/mol. The highest BCUT2D eigenvalue weighted by Crippen LogP contribution is 2.45. The number of likely N-dealkylation sites (tertiary alicyclic amines) is 2. The maximum Gasteiger partial charge on any atom is 0.241 e. The van der Waals surface area contributed by atoms with Crippen LogP contribution in [0.25, 0.3) is 11.1 Å². The molecule has 3 aromatic rings. The Morgan fingerprint density at radius 3 is 2.41 bits per heavy atom. The largest absolute Gasteiger partial charge is 0.342 e. The fraction of sp³-hybridized carbons (Fsp3) is 0.414. The maximum absolute atomic E-state index is 13.9. The average Bonchev–Trinajstić information content (AvgIpc) is 3.61. The molecule has 3 aliphatic rings. The first-order valence-electron chi connectivity index (χ1n) is 13.1. The van der Waals surface area contributed by atoms with E-state index in [1.807, 2.05) is 71.1 Å². The Kier molecular flexibility index (Phi) is 5.89. The van der Waals surface area contributed by atoms with Crippen LogP contribution in [0, 0.1) is 0 Å². The van der Waals surface area contributed by atoms with Crippen molar-refractivity contribution in [2.24, 2.45) is 7.05 Å². The van der Waals surface area contributed by atoms with E-state index in [-0.39, 0.29) is 42.5 Å². The molecule has 1 saturated carbocycles. The van der Waals surface area contributed by atoms with E-state index in [2.05, 4.69) is 10.2 Å². The van der Waals surface area contributed by atoms with Crippen LogP contribution in [-0.4, -0.2) is 61.4 Å². The van der Waals surface area contributed by atoms with E-state index in [1.165, 1.54) is 4.90 Å². The van der Waals surface area contributed by atoms with E-state index in [0.717, 1.165) is 48.2 Å². The minimum atomic E-state index is -1.16. The lowest BCUT2D eigenvalue weighted by atomic mass is 9.75. The Bertz CT molecular complexity index is 1330. The molecule has 0 radical (unpaired) electrons. The van der Waals surface area contributed by atoms with Crippen molar-refractivity contribution in [3.63, 3.8) is 0 Å². The zero-order valence-corrected chi connectivity index (χ0v) is 21.0. The number of nitrogens with zero attached hydrogens (tertiary/aromatic N) is 5. The molecule has 2 atom stereocenters. The van der Waals surface area contributed by atoms with Crippen LogP contribution in [-0.2, 0) is 26.8 Å². The van der Waals surface area contributed by atoms with E-state index < -0.39 is 5.41 Å². The summed E-state index contributed by atoms with van der Waals surface area (Å²) < 4.78 is 1.90. The zero-order chi connectivity index (χ0) is 25.6. The van der Waals surface area contributed by atoms with Crippen LogP contribution in [0.3, 0.4) is 0 Å². The molecule has 0 unspecified atom stereocenters. The highest BCUT2D eigenvalue weighted by Gasteiger charge is 2.57. The summed E-state index contributed by atoms with van der Waals surface area (Å²) in [6.45, 7) is 1.19. The topological polar surface area (TPSA) is 88.4 Å². The fourth-order valence-corrected chi connectivity index (χ4v) is 5.99. The molecule has 0 bridgehead atoms. The molecule has 3 fully saturated rings. The molecule has 0 spiro atoms. The second-order valence-electron chi connectivity index (χ2n) is 10.7. The second-order valence-corrected chi connectivity index (χ2v) is 10.7. The van der Waals surface area contributed by atoms with Gasteiger partial charge in [-0.2, -0.15) is 0 Å². The second kappa shape index (κ2) is 9.25. The number of amides is 3. The Morgan fingerprint density at radius 1 is 1.00 bits per heavy atom. The summed E-state index contributed by atoms with van der Waals surface area (Å²) in [7, 11) is 1.92. The zero-order valence-electron chi connectivity index (χ0n) is 21.0. The first-order valence-corrected chi connectivity index (χ1v) is 13.1. The average molecular weight is 498 g/mol. The molecule has 2 aromatic carbocycles. The van der Waals surface area contributed by atoms with Crippen molar-refractivity contribution in [3.8, 4) is 11.1 Å². The highest BCUT2D eigenvalue weighted by molar-refractivity contribution is 6.11. The number of aryl methyl sites for hydroxylation is 1. The van der Waals surface area contributed by atoms with Gasteiger partial charge in [-0.15, -0.1) is 10.2 Å². The predicted octanol–water partition coefficient (Wildman–Crippen LogP) is 3.44. The third kappa shape index (κ3) is 4.24. The van der Waals surface area contributed by atoms with E-state index >= 15 is 0 Å². The van der Waals surface area contributed by atoms with E-state index in [4.69, 9.17) is 0 Å². The first-order chi connectivity index (χ1) is 18.0. The Morgan fingerprint density at radius 2 is 1.73 bits per heavy atom. The van der Waals surface area contributed by atoms with Gasteiger partial charge in [0.05, 0.1) is 5.41 Å². The molecule has 190 valence electrons. The lowest BCUT2D eigenvalue weighted by Gasteiger charge is -2.35. The van der Waals surface area contributed by atoms with Crippen molar-refractivity contribution in [1.29, 1.82) is 0 Å². The van der Waals surface area contributed by atoms with Gasteiger partial charge in [0.2, 0.25) is 17.7 Å². The third-order valence-electron chi connectivity index (χ3n) is 8.15. The summed E-state index contributed by atoms with van der Waals surface area (Å²) in [6, 6.07) is 17.8. The van der Waals surface area contributed by atoms with Crippen molar-refractivity contribution < 1.29 is 14.4 Å². The van der Waals surface area contributed by atoms with Crippen LogP contribution in [0.1, 0.15) is 55.8 Å². The number of carbonyl (C=O) groups is 3. The number of hydrogen-bond acceptors (Lipinski definition) is 5. The number of aromatic nitrogens is 3. The molecule has 37 heavy (non-hydrogen) atoms. The monoisotopic (exact) mass is 497 g/mol. The van der Waals surface area contributed by atoms with Gasteiger partial charge < -0.3 is 9.47 Å². The lowest BCUT2D eigenvalue weighted by Crippen LogP contribution is -2.46. The minimum Gasteiger partial charge on any atom is -0.342 e. The van der Waals surface area contributed by atoms with Crippen molar-refractivity contribution in [2.75, 3.05) is 13.1 Å². The molecule has 2 saturated heterocycles. The summed E-state index contributed by atoms with van der Waals surface area (Å²) >= 11 is 0.